The fourth-order valence-corrected chi connectivity index (χ4v) is 4.12. The number of aromatic nitrogens is 5. The highest BCUT2D eigenvalue weighted by Gasteiger charge is 2.15. The van der Waals surface area contributed by atoms with Crippen LogP contribution < -0.4 is 14.4 Å². The van der Waals surface area contributed by atoms with Crippen LogP contribution in [0.15, 0.2) is 73.3 Å². The Morgan fingerprint density at radius 1 is 0.950 bits per heavy atom. The molecular weight excluding hydrogens is 508 g/mol. The van der Waals surface area contributed by atoms with Gasteiger partial charge in [-0.15, -0.1) is 0 Å². The molecule has 0 saturated heterocycles. The number of hydrogen-bond acceptors (Lipinski definition) is 9. The Morgan fingerprint density at radius 3 is 2.45 bits per heavy atom. The van der Waals surface area contributed by atoms with E-state index in [1.54, 1.807) is 55.7 Å². The Balaban J connectivity index is 1.58. The number of methoxy groups -OCH3 is 3. The Kier molecular flexibility index (Phi) is 7.55. The van der Waals surface area contributed by atoms with Crippen LogP contribution in [-0.4, -0.2) is 58.6 Å². The predicted molar refractivity (Wildman–Crippen MR) is 151 cm³/mol. The van der Waals surface area contributed by atoms with Gasteiger partial charge in [-0.1, -0.05) is 5.92 Å². The van der Waals surface area contributed by atoms with E-state index in [1.165, 1.54) is 7.11 Å². The van der Waals surface area contributed by atoms with Gasteiger partial charge < -0.3 is 19.1 Å². The second-order valence-corrected chi connectivity index (χ2v) is 8.68. The zero-order valence-electron chi connectivity index (χ0n) is 22.5. The van der Waals surface area contributed by atoms with Gasteiger partial charge in [-0.25, -0.2) is 14.8 Å². The summed E-state index contributed by atoms with van der Waals surface area (Å²) in [6.07, 6.45) is 6.97. The lowest BCUT2D eigenvalue weighted by Crippen LogP contribution is -2.17. The molecule has 0 bridgehead atoms. The summed E-state index contributed by atoms with van der Waals surface area (Å²) in [6.45, 7) is 0.259. The number of carbonyl (C=O) groups is 1. The van der Waals surface area contributed by atoms with Gasteiger partial charge in [0.25, 0.3) is 0 Å². The van der Waals surface area contributed by atoms with Crippen molar-refractivity contribution in [1.82, 2.24) is 24.7 Å². The summed E-state index contributed by atoms with van der Waals surface area (Å²) in [7, 11) is 6.39. The zero-order chi connectivity index (χ0) is 28.1. The number of ether oxygens (including phenoxy) is 3. The number of fused-ring (bicyclic) bond motifs is 1. The van der Waals surface area contributed by atoms with Crippen LogP contribution in [0.5, 0.6) is 11.5 Å². The van der Waals surface area contributed by atoms with Gasteiger partial charge in [0.05, 0.1) is 62.6 Å². The van der Waals surface area contributed by atoms with Crippen LogP contribution in [-0.2, 0) is 11.8 Å². The first-order valence-electron chi connectivity index (χ1n) is 12.3. The highest BCUT2D eigenvalue weighted by atomic mass is 16.5. The molecule has 0 aliphatic rings. The summed E-state index contributed by atoms with van der Waals surface area (Å²) in [5, 5.41) is 4.24. The number of pyridine rings is 1. The van der Waals surface area contributed by atoms with Crippen LogP contribution >= 0.6 is 0 Å². The van der Waals surface area contributed by atoms with E-state index < -0.39 is 5.97 Å². The molecule has 0 fully saturated rings. The maximum Gasteiger partial charge on any atom is 0.340 e. The highest BCUT2D eigenvalue weighted by Crippen LogP contribution is 2.34. The fourth-order valence-electron chi connectivity index (χ4n) is 4.12. The fraction of sp³-hybridized carbons (Fsp3) is 0.167. The van der Waals surface area contributed by atoms with Gasteiger partial charge in [0.15, 0.2) is 0 Å². The zero-order valence-corrected chi connectivity index (χ0v) is 22.5. The SMILES string of the molecule is COC(=O)c1cccnc1C#CCN(c1cc(OC)cc(OC)c1)c1ccc2ncc(-c3cnn(C)c3)nc2c1. The number of rotatable bonds is 7. The van der Waals surface area contributed by atoms with E-state index in [0.717, 1.165) is 28.1 Å². The van der Waals surface area contributed by atoms with E-state index in [9.17, 15) is 4.79 Å². The quantitative estimate of drug-likeness (QED) is 0.222. The summed E-state index contributed by atoms with van der Waals surface area (Å²) in [5.41, 5.74) is 5.31. The predicted octanol–water partition coefficient (Wildman–Crippen LogP) is 4.42. The van der Waals surface area contributed by atoms with E-state index in [1.807, 2.05) is 48.5 Å². The average molecular weight is 535 g/mol. The van der Waals surface area contributed by atoms with Crippen LogP contribution in [0.1, 0.15) is 16.1 Å². The molecule has 10 heteroatoms. The molecule has 200 valence electrons. The molecule has 10 nitrogen and oxygen atoms in total. The third-order valence-electron chi connectivity index (χ3n) is 6.14. The Bertz CT molecular complexity index is 1730. The number of anilines is 2. The number of aryl methyl sites for hydroxylation is 1. The van der Waals surface area contributed by atoms with Crippen molar-refractivity contribution in [3.05, 3.63) is 84.6 Å². The largest absolute Gasteiger partial charge is 0.497 e. The third kappa shape index (κ3) is 5.54. The monoisotopic (exact) mass is 534 g/mol. The smallest absolute Gasteiger partial charge is 0.340 e. The van der Waals surface area contributed by atoms with Gasteiger partial charge in [0, 0.05) is 54.6 Å². The molecule has 0 amide bonds. The van der Waals surface area contributed by atoms with Crippen molar-refractivity contribution in [2.45, 2.75) is 0 Å². The van der Waals surface area contributed by atoms with Crippen molar-refractivity contribution >= 4 is 28.4 Å². The number of nitrogens with zero attached hydrogens (tertiary/aromatic N) is 6. The minimum absolute atomic E-state index is 0.259. The Labute approximate surface area is 231 Å². The summed E-state index contributed by atoms with van der Waals surface area (Å²) in [4.78, 5) is 27.9. The Hall–Kier alpha value is -5.43. The van der Waals surface area contributed by atoms with Crippen molar-refractivity contribution in [3.8, 4) is 34.6 Å². The molecule has 0 radical (unpaired) electrons. The first kappa shape index (κ1) is 26.2. The minimum Gasteiger partial charge on any atom is -0.497 e. The van der Waals surface area contributed by atoms with Crippen molar-refractivity contribution in [3.63, 3.8) is 0 Å². The standard InChI is InChI=1S/C30H26N6O4/c1-35-19-20(17-33-35)29-18-32-27-10-9-21(15-28(27)34-29)36(22-13-23(38-2)16-24(14-22)39-3)12-6-8-26-25(30(37)40-4)7-5-11-31-26/h5,7,9-11,13-19H,12H2,1-4H3. The van der Waals surface area contributed by atoms with Crippen LogP contribution in [0.2, 0.25) is 0 Å². The lowest BCUT2D eigenvalue weighted by Gasteiger charge is -2.24. The van der Waals surface area contributed by atoms with Gasteiger partial charge in [-0.2, -0.15) is 5.10 Å². The molecule has 5 rings (SSSR count). The molecule has 0 spiro atoms. The molecule has 0 aliphatic carbocycles. The number of esters is 1. The second kappa shape index (κ2) is 11.5. The molecule has 0 unspecified atom stereocenters. The van der Waals surface area contributed by atoms with Crippen LogP contribution in [0.3, 0.4) is 0 Å². The van der Waals surface area contributed by atoms with E-state index in [2.05, 4.69) is 26.9 Å². The summed E-state index contributed by atoms with van der Waals surface area (Å²) >= 11 is 0. The number of benzene rings is 2. The molecular formula is C30H26N6O4. The van der Waals surface area contributed by atoms with Crippen molar-refractivity contribution in [2.75, 3.05) is 32.8 Å². The minimum atomic E-state index is -0.496. The van der Waals surface area contributed by atoms with Gasteiger partial charge >= 0.3 is 5.97 Å². The summed E-state index contributed by atoms with van der Waals surface area (Å²) < 4.78 is 17.6. The molecule has 3 heterocycles. The maximum atomic E-state index is 12.2. The third-order valence-corrected chi connectivity index (χ3v) is 6.14. The lowest BCUT2D eigenvalue weighted by atomic mass is 10.1. The van der Waals surface area contributed by atoms with E-state index in [0.29, 0.717) is 28.3 Å². The molecule has 0 aliphatic heterocycles. The van der Waals surface area contributed by atoms with Crippen molar-refractivity contribution in [1.29, 1.82) is 0 Å². The van der Waals surface area contributed by atoms with E-state index in [4.69, 9.17) is 19.2 Å². The van der Waals surface area contributed by atoms with Crippen molar-refractivity contribution in [2.24, 2.45) is 7.05 Å². The van der Waals surface area contributed by atoms with Crippen LogP contribution in [0.4, 0.5) is 11.4 Å². The molecule has 2 aromatic carbocycles. The molecule has 40 heavy (non-hydrogen) atoms. The van der Waals surface area contributed by atoms with E-state index >= 15 is 0 Å². The first-order valence-corrected chi connectivity index (χ1v) is 12.3. The average Bonchev–Trinajstić information content (AvgIpc) is 3.44. The van der Waals surface area contributed by atoms with Gasteiger partial charge in [0.2, 0.25) is 0 Å². The molecule has 0 N–H and O–H groups in total. The van der Waals surface area contributed by atoms with Gasteiger partial charge in [-0.3, -0.25) is 9.67 Å². The van der Waals surface area contributed by atoms with Gasteiger partial charge in [0.1, 0.15) is 17.2 Å². The second-order valence-electron chi connectivity index (χ2n) is 8.68. The molecule has 3 aromatic heterocycles. The summed E-state index contributed by atoms with van der Waals surface area (Å²) in [5.74, 6) is 6.94. The Morgan fingerprint density at radius 2 is 1.75 bits per heavy atom. The van der Waals surface area contributed by atoms with Crippen LogP contribution in [0.25, 0.3) is 22.3 Å². The lowest BCUT2D eigenvalue weighted by molar-refractivity contribution is 0.0600. The molecule has 0 atom stereocenters. The number of carbonyl (C=O) groups excluding carboxylic acids is 1. The number of hydrogen-bond donors (Lipinski definition) is 0. The van der Waals surface area contributed by atoms with Crippen LogP contribution in [0, 0.1) is 11.8 Å². The maximum absolute atomic E-state index is 12.2. The molecule has 5 aromatic rings. The van der Waals surface area contributed by atoms with E-state index in [-0.39, 0.29) is 6.54 Å². The van der Waals surface area contributed by atoms with Crippen molar-refractivity contribution < 1.29 is 19.0 Å². The summed E-state index contributed by atoms with van der Waals surface area (Å²) in [6, 6.07) is 14.7. The molecule has 0 saturated carbocycles. The topological polar surface area (TPSA) is 104 Å². The van der Waals surface area contributed by atoms with Gasteiger partial charge in [-0.05, 0) is 36.3 Å². The highest BCUT2D eigenvalue weighted by molar-refractivity contribution is 5.91. The first-order chi connectivity index (χ1) is 19.5. The normalized spacial score (nSPS) is 10.5.